The van der Waals surface area contributed by atoms with E-state index in [1.165, 1.54) is 5.19 Å². The lowest BCUT2D eigenvalue weighted by molar-refractivity contribution is 0.104. The van der Waals surface area contributed by atoms with Crippen LogP contribution in [0.2, 0.25) is 0 Å². The average Bonchev–Trinajstić information content (AvgIpc) is 2.29. The van der Waals surface area contributed by atoms with Crippen molar-refractivity contribution in [1.82, 2.24) is 0 Å². The summed E-state index contributed by atoms with van der Waals surface area (Å²) in [5.41, 5.74) is 6.29. The monoisotopic (exact) mass is 247 g/mol. The van der Waals surface area contributed by atoms with Crippen LogP contribution in [0.1, 0.15) is 19.8 Å². The molecule has 17 heavy (non-hydrogen) atoms. The number of hydrogen-bond donors (Lipinski definition) is 1. The van der Waals surface area contributed by atoms with Crippen LogP contribution in [0.15, 0.2) is 49.6 Å². The van der Waals surface area contributed by atoms with Crippen LogP contribution in [0.3, 0.4) is 0 Å². The minimum Gasteiger partial charge on any atom is -0.413 e. The summed E-state index contributed by atoms with van der Waals surface area (Å²) in [5, 5.41) is 1.26. The van der Waals surface area contributed by atoms with Gasteiger partial charge in [0.2, 0.25) is 0 Å². The lowest BCUT2D eigenvalue weighted by atomic mass is 9.99. The fraction of sp³-hybridized carbons (Fsp3) is 0.286. The Balaban J connectivity index is 2.59. The van der Waals surface area contributed by atoms with Gasteiger partial charge >= 0.3 is 0 Å². The van der Waals surface area contributed by atoms with E-state index in [-0.39, 0.29) is 5.60 Å². The summed E-state index contributed by atoms with van der Waals surface area (Å²) < 4.78 is 6.09. The molecular weight excluding hydrogens is 226 g/mol. The van der Waals surface area contributed by atoms with Crippen molar-refractivity contribution in [3.05, 3.63) is 49.6 Å². The second-order valence-corrected chi connectivity index (χ2v) is 5.86. The molecule has 0 aromatic heterocycles. The van der Waals surface area contributed by atoms with E-state index < -0.39 is 9.76 Å². The van der Waals surface area contributed by atoms with Crippen LogP contribution in [0.25, 0.3) is 0 Å². The van der Waals surface area contributed by atoms with E-state index in [9.17, 15) is 0 Å². The van der Waals surface area contributed by atoms with Crippen molar-refractivity contribution in [2.45, 2.75) is 25.4 Å². The van der Waals surface area contributed by atoms with Crippen molar-refractivity contribution in [1.29, 1.82) is 0 Å². The van der Waals surface area contributed by atoms with Gasteiger partial charge in [-0.05, 0) is 37.1 Å². The summed E-state index contributed by atoms with van der Waals surface area (Å²) in [6.07, 6.45) is 5.50. The molecule has 0 saturated heterocycles. The van der Waals surface area contributed by atoms with Crippen molar-refractivity contribution >= 4 is 20.6 Å². The van der Waals surface area contributed by atoms with E-state index >= 15 is 0 Å². The SMILES string of the molecule is C=CCC(C)(CC=C)O[SiH2]c1ccc(N)cc1. The number of nitrogen functional groups attached to an aromatic ring is 1. The first-order valence-electron chi connectivity index (χ1n) is 5.80. The minimum absolute atomic E-state index is 0.156. The third kappa shape index (κ3) is 4.59. The zero-order valence-corrected chi connectivity index (χ0v) is 11.9. The van der Waals surface area contributed by atoms with Gasteiger partial charge in [-0.2, -0.15) is 0 Å². The molecule has 2 nitrogen and oxygen atoms in total. The molecule has 0 spiro atoms. The maximum atomic E-state index is 6.09. The minimum atomic E-state index is -0.723. The Morgan fingerprint density at radius 3 is 2.24 bits per heavy atom. The summed E-state index contributed by atoms with van der Waals surface area (Å²) in [4.78, 5) is 0. The van der Waals surface area contributed by atoms with Crippen molar-refractivity contribution in [3.8, 4) is 0 Å². The quantitative estimate of drug-likeness (QED) is 0.454. The Hall–Kier alpha value is -1.32. The maximum absolute atomic E-state index is 6.09. The number of rotatable bonds is 7. The molecule has 0 bridgehead atoms. The highest BCUT2D eigenvalue weighted by molar-refractivity contribution is 6.47. The second-order valence-electron chi connectivity index (χ2n) is 4.47. The number of anilines is 1. The van der Waals surface area contributed by atoms with Crippen LogP contribution >= 0.6 is 0 Å². The van der Waals surface area contributed by atoms with Gasteiger partial charge < -0.3 is 10.2 Å². The molecule has 0 atom stereocenters. The van der Waals surface area contributed by atoms with E-state index in [4.69, 9.17) is 10.2 Å². The lowest BCUT2D eigenvalue weighted by Gasteiger charge is -2.28. The molecule has 0 amide bonds. The van der Waals surface area contributed by atoms with E-state index in [0.717, 1.165) is 18.5 Å². The predicted octanol–water partition coefficient (Wildman–Crippen LogP) is 1.91. The highest BCUT2D eigenvalue weighted by Gasteiger charge is 2.21. The number of nitrogens with two attached hydrogens (primary N) is 1. The van der Waals surface area contributed by atoms with Crippen LogP contribution in [0, 0.1) is 0 Å². The highest BCUT2D eigenvalue weighted by Crippen LogP contribution is 2.20. The molecule has 0 aliphatic rings. The first-order valence-corrected chi connectivity index (χ1v) is 7.08. The summed E-state index contributed by atoms with van der Waals surface area (Å²) in [6, 6.07) is 7.93. The molecule has 0 heterocycles. The molecule has 1 aromatic rings. The first kappa shape index (κ1) is 13.7. The first-order chi connectivity index (χ1) is 8.09. The van der Waals surface area contributed by atoms with E-state index in [2.05, 4.69) is 20.1 Å². The van der Waals surface area contributed by atoms with E-state index in [1.54, 1.807) is 0 Å². The molecular formula is C14H21NOSi. The standard InChI is InChI=1S/C14H21NOSi/c1-4-10-14(3,11-5-2)16-17-13-8-6-12(15)7-9-13/h4-9H,1-2,10-11,15,17H2,3H3. The van der Waals surface area contributed by atoms with Crippen molar-refractivity contribution in [3.63, 3.8) is 0 Å². The Labute approximate surface area is 106 Å². The number of hydrogen-bond acceptors (Lipinski definition) is 2. The largest absolute Gasteiger partial charge is 0.413 e. The summed E-state index contributed by atoms with van der Waals surface area (Å²) in [5.74, 6) is 0. The summed E-state index contributed by atoms with van der Waals surface area (Å²) in [7, 11) is -0.723. The van der Waals surface area contributed by atoms with E-state index in [0.29, 0.717) is 0 Å². The molecule has 2 N–H and O–H groups in total. The highest BCUT2D eigenvalue weighted by atomic mass is 28.2. The van der Waals surface area contributed by atoms with Gasteiger partial charge in [0.25, 0.3) is 0 Å². The Kier molecular flexibility index (Phi) is 5.19. The molecule has 1 aromatic carbocycles. The van der Waals surface area contributed by atoms with Gasteiger partial charge in [-0.25, -0.2) is 0 Å². The Bertz CT molecular complexity index is 362. The van der Waals surface area contributed by atoms with Crippen LogP contribution in [-0.2, 0) is 4.43 Å². The van der Waals surface area contributed by atoms with Gasteiger partial charge in [0.05, 0.1) is 5.60 Å². The van der Waals surface area contributed by atoms with Gasteiger partial charge in [-0.15, -0.1) is 13.2 Å². The van der Waals surface area contributed by atoms with Crippen LogP contribution in [0.5, 0.6) is 0 Å². The molecule has 0 radical (unpaired) electrons. The Morgan fingerprint density at radius 2 is 1.76 bits per heavy atom. The molecule has 0 saturated carbocycles. The normalized spacial score (nSPS) is 11.8. The van der Waals surface area contributed by atoms with Crippen molar-refractivity contribution in [2.75, 3.05) is 5.73 Å². The maximum Gasteiger partial charge on any atom is 0.193 e. The second kappa shape index (κ2) is 6.42. The molecule has 0 aliphatic carbocycles. The Morgan fingerprint density at radius 1 is 1.24 bits per heavy atom. The van der Waals surface area contributed by atoms with Crippen LogP contribution < -0.4 is 10.9 Å². The van der Waals surface area contributed by atoms with Gasteiger partial charge in [-0.3, -0.25) is 0 Å². The molecule has 0 fully saturated rings. The third-order valence-corrected chi connectivity index (χ3v) is 4.37. The molecule has 0 unspecified atom stereocenters. The van der Waals surface area contributed by atoms with Gasteiger partial charge in [-0.1, -0.05) is 24.3 Å². The zero-order valence-electron chi connectivity index (χ0n) is 10.5. The zero-order chi connectivity index (χ0) is 12.7. The summed E-state index contributed by atoms with van der Waals surface area (Å²) in [6.45, 7) is 9.67. The fourth-order valence-corrected chi connectivity index (χ4v) is 2.86. The van der Waals surface area contributed by atoms with Crippen LogP contribution in [0.4, 0.5) is 5.69 Å². The molecule has 0 aliphatic heterocycles. The van der Waals surface area contributed by atoms with Gasteiger partial charge in [0, 0.05) is 5.69 Å². The molecule has 3 heteroatoms. The van der Waals surface area contributed by atoms with Gasteiger partial charge in [0.15, 0.2) is 9.76 Å². The summed E-state index contributed by atoms with van der Waals surface area (Å²) >= 11 is 0. The third-order valence-electron chi connectivity index (χ3n) is 2.72. The molecule has 1 rings (SSSR count). The predicted molar refractivity (Wildman–Crippen MR) is 78.2 cm³/mol. The van der Waals surface area contributed by atoms with Gasteiger partial charge in [0.1, 0.15) is 0 Å². The van der Waals surface area contributed by atoms with Crippen molar-refractivity contribution in [2.24, 2.45) is 0 Å². The van der Waals surface area contributed by atoms with Crippen LogP contribution in [-0.4, -0.2) is 15.4 Å². The molecule has 92 valence electrons. The lowest BCUT2D eigenvalue weighted by Crippen LogP contribution is -2.33. The topological polar surface area (TPSA) is 35.2 Å². The van der Waals surface area contributed by atoms with E-state index in [1.807, 2.05) is 36.4 Å². The number of benzene rings is 1. The smallest absolute Gasteiger partial charge is 0.193 e. The average molecular weight is 247 g/mol. The van der Waals surface area contributed by atoms with Crippen molar-refractivity contribution < 1.29 is 4.43 Å². The fourth-order valence-electron chi connectivity index (χ4n) is 1.68.